The van der Waals surface area contributed by atoms with Crippen LogP contribution in [0.5, 0.6) is 0 Å². The highest BCUT2D eigenvalue weighted by Gasteiger charge is 2.23. The Balaban J connectivity index is 1.33. The number of carbonyl (C=O) groups excluding carboxylic acids is 1. The van der Waals surface area contributed by atoms with Crippen LogP contribution in [0.1, 0.15) is 23.1 Å². The number of hydrogen-bond donors (Lipinski definition) is 2. The number of fused-ring (bicyclic) bond motifs is 1. The molecule has 2 aromatic rings. The van der Waals surface area contributed by atoms with Crippen LogP contribution in [-0.4, -0.2) is 54.1 Å². The number of morpholine rings is 1. The summed E-state index contributed by atoms with van der Waals surface area (Å²) < 4.78 is 7.73. The summed E-state index contributed by atoms with van der Waals surface area (Å²) in [6, 6.07) is 10.0. The van der Waals surface area contributed by atoms with E-state index in [1.54, 1.807) is 0 Å². The van der Waals surface area contributed by atoms with Crippen molar-refractivity contribution in [3.8, 4) is 0 Å². The van der Waals surface area contributed by atoms with Gasteiger partial charge in [0, 0.05) is 42.9 Å². The Hall–Kier alpha value is -2.09. The van der Waals surface area contributed by atoms with Crippen LogP contribution >= 0.6 is 11.6 Å². The maximum absolute atomic E-state index is 12.5. The van der Waals surface area contributed by atoms with Gasteiger partial charge in [-0.15, -0.1) is 0 Å². The molecule has 1 amide bonds. The number of anilines is 1. The van der Waals surface area contributed by atoms with E-state index in [1.807, 2.05) is 35.0 Å². The van der Waals surface area contributed by atoms with Crippen molar-refractivity contribution in [1.29, 1.82) is 0 Å². The molecule has 0 spiro atoms. The van der Waals surface area contributed by atoms with Gasteiger partial charge >= 0.3 is 0 Å². The van der Waals surface area contributed by atoms with Gasteiger partial charge in [0.1, 0.15) is 5.69 Å². The monoisotopic (exact) mass is 389 g/mol. The van der Waals surface area contributed by atoms with Crippen molar-refractivity contribution in [2.45, 2.75) is 32.2 Å². The van der Waals surface area contributed by atoms with Crippen molar-refractivity contribution < 1.29 is 9.53 Å². The molecule has 2 unspecified atom stereocenters. The van der Waals surface area contributed by atoms with E-state index < -0.39 is 0 Å². The van der Waals surface area contributed by atoms with Crippen molar-refractivity contribution in [2.75, 3.05) is 31.1 Å². The highest BCUT2D eigenvalue weighted by atomic mass is 35.5. The van der Waals surface area contributed by atoms with Gasteiger partial charge in [-0.2, -0.15) is 5.10 Å². The van der Waals surface area contributed by atoms with Gasteiger partial charge in [0.15, 0.2) is 0 Å². The molecule has 8 heteroatoms. The number of aromatic nitrogens is 2. The third-order valence-electron chi connectivity index (χ3n) is 5.00. The molecule has 4 rings (SSSR count). The van der Waals surface area contributed by atoms with Gasteiger partial charge in [0.25, 0.3) is 5.91 Å². The average molecular weight is 390 g/mol. The number of rotatable bonds is 4. The van der Waals surface area contributed by atoms with Crippen LogP contribution in [0.4, 0.5) is 5.69 Å². The molecule has 2 aliphatic heterocycles. The molecular weight excluding hydrogens is 366 g/mol. The number of benzene rings is 1. The van der Waals surface area contributed by atoms with Crippen LogP contribution in [0.3, 0.4) is 0 Å². The molecule has 7 nitrogen and oxygen atoms in total. The first-order valence-corrected chi connectivity index (χ1v) is 9.67. The molecule has 1 aromatic carbocycles. The first-order chi connectivity index (χ1) is 13.1. The Morgan fingerprint density at radius 1 is 1.37 bits per heavy atom. The quantitative estimate of drug-likeness (QED) is 0.832. The first kappa shape index (κ1) is 18.3. The molecule has 3 heterocycles. The van der Waals surface area contributed by atoms with Crippen LogP contribution in [0.25, 0.3) is 0 Å². The van der Waals surface area contributed by atoms with Gasteiger partial charge in [0.2, 0.25) is 0 Å². The highest BCUT2D eigenvalue weighted by molar-refractivity contribution is 6.30. The maximum Gasteiger partial charge on any atom is 0.271 e. The van der Waals surface area contributed by atoms with Crippen molar-refractivity contribution >= 4 is 23.2 Å². The van der Waals surface area contributed by atoms with E-state index in [9.17, 15) is 4.79 Å². The van der Waals surface area contributed by atoms with Crippen LogP contribution < -0.4 is 15.5 Å². The lowest BCUT2D eigenvalue weighted by atomic mass is 10.2. The average Bonchev–Trinajstić information content (AvgIpc) is 3.10. The Morgan fingerprint density at radius 2 is 2.19 bits per heavy atom. The summed E-state index contributed by atoms with van der Waals surface area (Å²) >= 11 is 5.97. The predicted molar refractivity (Wildman–Crippen MR) is 104 cm³/mol. The fraction of sp³-hybridized carbons (Fsp3) is 0.474. The van der Waals surface area contributed by atoms with E-state index in [2.05, 4.69) is 27.6 Å². The van der Waals surface area contributed by atoms with Crippen LogP contribution in [0, 0.1) is 0 Å². The minimum absolute atomic E-state index is 0.0580. The SMILES string of the molecule is CC1Cn2nc(C(=O)NCC3CN(c4ccc(Cl)cc4)CCO3)cc2CN1. The van der Waals surface area contributed by atoms with E-state index in [0.29, 0.717) is 24.9 Å². The third-order valence-corrected chi connectivity index (χ3v) is 5.25. The predicted octanol–water partition coefficient (Wildman–Crippen LogP) is 1.66. The van der Waals surface area contributed by atoms with Gasteiger partial charge in [-0.05, 0) is 37.3 Å². The molecule has 1 saturated heterocycles. The summed E-state index contributed by atoms with van der Waals surface area (Å²) in [5.41, 5.74) is 2.62. The largest absolute Gasteiger partial charge is 0.373 e. The molecule has 2 N–H and O–H groups in total. The molecule has 144 valence electrons. The Labute approximate surface area is 163 Å². The molecule has 0 radical (unpaired) electrons. The summed E-state index contributed by atoms with van der Waals surface area (Å²) in [5, 5.41) is 11.5. The molecule has 0 bridgehead atoms. The van der Waals surface area contributed by atoms with Gasteiger partial charge < -0.3 is 20.3 Å². The van der Waals surface area contributed by atoms with Crippen molar-refractivity contribution in [3.63, 3.8) is 0 Å². The molecule has 0 aliphatic carbocycles. The molecule has 2 atom stereocenters. The number of hydrogen-bond acceptors (Lipinski definition) is 5. The summed E-state index contributed by atoms with van der Waals surface area (Å²) in [6.45, 7) is 6.27. The number of halogens is 1. The smallest absolute Gasteiger partial charge is 0.271 e. The van der Waals surface area contributed by atoms with Gasteiger partial charge in [0.05, 0.1) is 24.9 Å². The second-order valence-corrected chi connectivity index (χ2v) is 7.55. The molecule has 0 saturated carbocycles. The normalized spacial score (nSPS) is 22.4. The molecule has 1 fully saturated rings. The number of carbonyl (C=O) groups is 1. The lowest BCUT2D eigenvalue weighted by Gasteiger charge is -2.34. The van der Waals surface area contributed by atoms with Crippen molar-refractivity contribution in [1.82, 2.24) is 20.4 Å². The van der Waals surface area contributed by atoms with E-state index in [-0.39, 0.29) is 12.0 Å². The fourth-order valence-corrected chi connectivity index (χ4v) is 3.62. The Bertz CT molecular complexity index is 807. The number of ether oxygens (including phenoxy) is 1. The van der Waals surface area contributed by atoms with E-state index in [0.717, 1.165) is 42.6 Å². The number of amides is 1. The minimum Gasteiger partial charge on any atom is -0.373 e. The first-order valence-electron chi connectivity index (χ1n) is 9.29. The summed E-state index contributed by atoms with van der Waals surface area (Å²) in [4.78, 5) is 14.7. The van der Waals surface area contributed by atoms with E-state index in [1.165, 1.54) is 0 Å². The van der Waals surface area contributed by atoms with Gasteiger partial charge in [-0.3, -0.25) is 9.48 Å². The number of nitrogens with one attached hydrogen (secondary N) is 2. The molecule has 1 aromatic heterocycles. The minimum atomic E-state index is -0.156. The third kappa shape index (κ3) is 4.26. The second kappa shape index (κ2) is 7.88. The molecule has 2 aliphatic rings. The van der Waals surface area contributed by atoms with Gasteiger partial charge in [-0.1, -0.05) is 11.6 Å². The van der Waals surface area contributed by atoms with Gasteiger partial charge in [-0.25, -0.2) is 0 Å². The Kier molecular flexibility index (Phi) is 5.33. The Morgan fingerprint density at radius 3 is 3.00 bits per heavy atom. The highest BCUT2D eigenvalue weighted by Crippen LogP contribution is 2.20. The zero-order chi connectivity index (χ0) is 18.8. The lowest BCUT2D eigenvalue weighted by Crippen LogP contribution is -2.47. The summed E-state index contributed by atoms with van der Waals surface area (Å²) in [5.74, 6) is -0.156. The number of nitrogens with zero attached hydrogens (tertiary/aromatic N) is 3. The summed E-state index contributed by atoms with van der Waals surface area (Å²) in [6.07, 6.45) is -0.0580. The van der Waals surface area contributed by atoms with E-state index in [4.69, 9.17) is 16.3 Å². The lowest BCUT2D eigenvalue weighted by molar-refractivity contribution is 0.0396. The van der Waals surface area contributed by atoms with E-state index >= 15 is 0 Å². The van der Waals surface area contributed by atoms with Crippen molar-refractivity contribution in [3.05, 3.63) is 46.7 Å². The van der Waals surface area contributed by atoms with Crippen LogP contribution in [-0.2, 0) is 17.8 Å². The standard InChI is InChI=1S/C19H24ClN5O2/c1-13-11-25-16(9-21-13)8-18(23-25)19(26)22-10-17-12-24(6-7-27-17)15-4-2-14(20)3-5-15/h2-5,8,13,17,21H,6-7,9-12H2,1H3,(H,22,26). The van der Waals surface area contributed by atoms with Crippen LogP contribution in [0.15, 0.2) is 30.3 Å². The zero-order valence-corrected chi connectivity index (χ0v) is 16.1. The topological polar surface area (TPSA) is 71.4 Å². The molecule has 27 heavy (non-hydrogen) atoms. The summed E-state index contributed by atoms with van der Waals surface area (Å²) in [7, 11) is 0. The fourth-order valence-electron chi connectivity index (χ4n) is 3.50. The second-order valence-electron chi connectivity index (χ2n) is 7.11. The van der Waals surface area contributed by atoms with Crippen molar-refractivity contribution in [2.24, 2.45) is 0 Å². The van der Waals surface area contributed by atoms with Crippen LogP contribution in [0.2, 0.25) is 5.02 Å². The zero-order valence-electron chi connectivity index (χ0n) is 15.3. The molecular formula is C19H24ClN5O2. The maximum atomic E-state index is 12.5.